The lowest BCUT2D eigenvalue weighted by molar-refractivity contribution is 0.305. The Balaban J connectivity index is 2.28. The third-order valence-corrected chi connectivity index (χ3v) is 3.05. The fourth-order valence-electron chi connectivity index (χ4n) is 2.13. The molecule has 0 amide bonds. The molecule has 1 nitrogen and oxygen atoms in total. The summed E-state index contributed by atoms with van der Waals surface area (Å²) in [5, 5.41) is 0. The van der Waals surface area contributed by atoms with Crippen LogP contribution in [0.1, 0.15) is 52.4 Å². The van der Waals surface area contributed by atoms with Crippen molar-refractivity contribution >= 4 is 0 Å². The van der Waals surface area contributed by atoms with Gasteiger partial charge in [-0.15, -0.1) is 0 Å². The number of hydrogen-bond acceptors (Lipinski definition) is 1. The molecular formula is C12H23N. The highest BCUT2D eigenvalue weighted by Gasteiger charge is 2.19. The van der Waals surface area contributed by atoms with Gasteiger partial charge in [-0.25, -0.2) is 0 Å². The molecule has 2 N–H and O–H groups in total. The van der Waals surface area contributed by atoms with Gasteiger partial charge in [0.1, 0.15) is 0 Å². The van der Waals surface area contributed by atoms with E-state index in [9.17, 15) is 0 Å². The molecule has 0 radical (unpaired) electrons. The zero-order valence-corrected chi connectivity index (χ0v) is 9.05. The van der Waals surface area contributed by atoms with Crippen molar-refractivity contribution in [2.75, 3.05) is 0 Å². The molecule has 1 atom stereocenters. The number of allylic oxidation sites excluding steroid dienone is 1. The van der Waals surface area contributed by atoms with E-state index in [0.717, 1.165) is 12.3 Å². The van der Waals surface area contributed by atoms with E-state index in [2.05, 4.69) is 19.9 Å². The predicted molar refractivity (Wildman–Crippen MR) is 58.6 cm³/mol. The molecule has 0 unspecified atom stereocenters. The van der Waals surface area contributed by atoms with E-state index in [1.807, 2.05) is 0 Å². The average molecular weight is 181 g/mol. The first kappa shape index (κ1) is 10.8. The van der Waals surface area contributed by atoms with Crippen LogP contribution in [0.25, 0.3) is 0 Å². The molecule has 76 valence electrons. The topological polar surface area (TPSA) is 26.0 Å². The van der Waals surface area contributed by atoms with Crippen molar-refractivity contribution in [1.29, 1.82) is 0 Å². The minimum absolute atomic E-state index is 0.412. The summed E-state index contributed by atoms with van der Waals surface area (Å²) in [7, 11) is 0. The summed E-state index contributed by atoms with van der Waals surface area (Å²) in [6.07, 6.45) is 10.3. The second kappa shape index (κ2) is 5.43. The molecule has 1 aliphatic carbocycles. The van der Waals surface area contributed by atoms with Gasteiger partial charge in [-0.05, 0) is 39.0 Å². The monoisotopic (exact) mass is 181 g/mol. The Bertz CT molecular complexity index is 162. The van der Waals surface area contributed by atoms with Crippen LogP contribution in [-0.2, 0) is 0 Å². The Morgan fingerprint density at radius 3 is 2.46 bits per heavy atom. The zero-order chi connectivity index (χ0) is 9.68. The highest BCUT2D eigenvalue weighted by atomic mass is 14.6. The minimum Gasteiger partial charge on any atom is -0.327 e. The highest BCUT2D eigenvalue weighted by molar-refractivity contribution is 4.96. The molecule has 1 rings (SSSR count). The second-order valence-electron chi connectivity index (χ2n) is 4.58. The minimum atomic E-state index is 0.412. The van der Waals surface area contributed by atoms with Crippen LogP contribution in [0.15, 0.2) is 11.6 Å². The van der Waals surface area contributed by atoms with Crippen LogP contribution < -0.4 is 5.73 Å². The van der Waals surface area contributed by atoms with Crippen LogP contribution in [-0.4, -0.2) is 6.04 Å². The van der Waals surface area contributed by atoms with E-state index >= 15 is 0 Å². The summed E-state index contributed by atoms with van der Waals surface area (Å²) in [5.41, 5.74) is 7.55. The van der Waals surface area contributed by atoms with Crippen molar-refractivity contribution in [1.82, 2.24) is 0 Å². The lowest BCUT2D eigenvalue weighted by Gasteiger charge is -2.26. The van der Waals surface area contributed by atoms with Crippen molar-refractivity contribution in [3.05, 3.63) is 11.6 Å². The van der Waals surface area contributed by atoms with Crippen LogP contribution >= 0.6 is 0 Å². The van der Waals surface area contributed by atoms with Crippen LogP contribution in [0, 0.1) is 5.92 Å². The van der Waals surface area contributed by atoms with Gasteiger partial charge in [0.05, 0.1) is 0 Å². The highest BCUT2D eigenvalue weighted by Crippen LogP contribution is 2.26. The molecule has 1 aliphatic rings. The van der Waals surface area contributed by atoms with Gasteiger partial charge >= 0.3 is 0 Å². The van der Waals surface area contributed by atoms with Gasteiger partial charge in [-0.2, -0.15) is 0 Å². The van der Waals surface area contributed by atoms with Gasteiger partial charge < -0.3 is 5.73 Å². The fraction of sp³-hybridized carbons (Fsp3) is 0.833. The molecule has 0 spiro atoms. The standard InChI is InChI=1S/C12H23N/c1-10(2)8-9-12(13)11-6-4-3-5-7-11/h8,11-12H,3-7,9,13H2,1-2H3/t12-/m0/s1. The normalized spacial score (nSPS) is 21.2. The van der Waals surface area contributed by atoms with Crippen molar-refractivity contribution in [3.63, 3.8) is 0 Å². The predicted octanol–water partition coefficient (Wildman–Crippen LogP) is 3.25. The van der Waals surface area contributed by atoms with E-state index < -0.39 is 0 Å². The Morgan fingerprint density at radius 1 is 1.31 bits per heavy atom. The van der Waals surface area contributed by atoms with Gasteiger partial charge in [0.25, 0.3) is 0 Å². The Kier molecular flexibility index (Phi) is 4.51. The largest absolute Gasteiger partial charge is 0.327 e. The zero-order valence-electron chi connectivity index (χ0n) is 9.05. The van der Waals surface area contributed by atoms with Crippen LogP contribution in [0.4, 0.5) is 0 Å². The number of hydrogen-bond donors (Lipinski definition) is 1. The van der Waals surface area contributed by atoms with Crippen molar-refractivity contribution in [2.45, 2.75) is 58.4 Å². The molecule has 1 fully saturated rings. The summed E-state index contributed by atoms with van der Waals surface area (Å²) < 4.78 is 0. The first-order valence-corrected chi connectivity index (χ1v) is 5.59. The summed E-state index contributed by atoms with van der Waals surface area (Å²) in [5.74, 6) is 0.796. The first-order chi connectivity index (χ1) is 6.20. The lowest BCUT2D eigenvalue weighted by atomic mass is 9.83. The molecule has 0 heterocycles. The fourth-order valence-corrected chi connectivity index (χ4v) is 2.13. The van der Waals surface area contributed by atoms with Crippen LogP contribution in [0.5, 0.6) is 0 Å². The Morgan fingerprint density at radius 2 is 1.92 bits per heavy atom. The molecule has 13 heavy (non-hydrogen) atoms. The van der Waals surface area contributed by atoms with Gasteiger partial charge in [0, 0.05) is 6.04 Å². The van der Waals surface area contributed by atoms with E-state index in [0.29, 0.717) is 6.04 Å². The maximum atomic E-state index is 6.15. The lowest BCUT2D eigenvalue weighted by Crippen LogP contribution is -2.31. The number of nitrogens with two attached hydrogens (primary N) is 1. The third kappa shape index (κ3) is 3.95. The van der Waals surface area contributed by atoms with E-state index in [1.165, 1.54) is 37.7 Å². The van der Waals surface area contributed by atoms with Gasteiger partial charge in [0.2, 0.25) is 0 Å². The third-order valence-electron chi connectivity index (χ3n) is 3.05. The smallest absolute Gasteiger partial charge is 0.0102 e. The van der Waals surface area contributed by atoms with E-state index in [-0.39, 0.29) is 0 Å². The molecule has 0 aliphatic heterocycles. The summed E-state index contributed by atoms with van der Waals surface area (Å²) >= 11 is 0. The van der Waals surface area contributed by atoms with E-state index in [4.69, 9.17) is 5.73 Å². The van der Waals surface area contributed by atoms with Crippen molar-refractivity contribution < 1.29 is 0 Å². The molecule has 1 saturated carbocycles. The summed E-state index contributed by atoms with van der Waals surface area (Å²) in [4.78, 5) is 0. The molecule has 0 aromatic carbocycles. The van der Waals surface area contributed by atoms with E-state index in [1.54, 1.807) is 0 Å². The quantitative estimate of drug-likeness (QED) is 0.664. The maximum Gasteiger partial charge on any atom is 0.0102 e. The van der Waals surface area contributed by atoms with Crippen LogP contribution in [0.3, 0.4) is 0 Å². The van der Waals surface area contributed by atoms with Gasteiger partial charge in [-0.1, -0.05) is 30.9 Å². The molecule has 1 heteroatoms. The molecule has 0 aromatic rings. The second-order valence-corrected chi connectivity index (χ2v) is 4.58. The molecule has 0 saturated heterocycles. The first-order valence-electron chi connectivity index (χ1n) is 5.59. The Hall–Kier alpha value is -0.300. The average Bonchev–Trinajstić information content (AvgIpc) is 2.15. The maximum absolute atomic E-state index is 6.15. The van der Waals surface area contributed by atoms with Crippen molar-refractivity contribution in [3.8, 4) is 0 Å². The van der Waals surface area contributed by atoms with Crippen molar-refractivity contribution in [2.24, 2.45) is 11.7 Å². The van der Waals surface area contributed by atoms with Crippen LogP contribution in [0.2, 0.25) is 0 Å². The molecule has 0 aromatic heterocycles. The number of rotatable bonds is 3. The summed E-state index contributed by atoms with van der Waals surface area (Å²) in [6.45, 7) is 4.29. The SMILES string of the molecule is CC(C)=CC[C@H](N)C1CCCCC1. The molecular weight excluding hydrogens is 158 g/mol. The Labute approximate surface area is 82.4 Å². The van der Waals surface area contributed by atoms with Gasteiger partial charge in [0.15, 0.2) is 0 Å². The summed E-state index contributed by atoms with van der Waals surface area (Å²) in [6, 6.07) is 0.412. The van der Waals surface area contributed by atoms with Gasteiger partial charge in [-0.3, -0.25) is 0 Å². The molecule has 0 bridgehead atoms.